The summed E-state index contributed by atoms with van der Waals surface area (Å²) >= 11 is 1.45. The van der Waals surface area contributed by atoms with E-state index in [2.05, 4.69) is 10.6 Å². The maximum absolute atomic E-state index is 13.4. The van der Waals surface area contributed by atoms with Crippen LogP contribution in [0.3, 0.4) is 0 Å². The highest BCUT2D eigenvalue weighted by Gasteiger charge is 2.29. The molecule has 1 saturated carbocycles. The van der Waals surface area contributed by atoms with Crippen LogP contribution in [0.2, 0.25) is 0 Å². The third kappa shape index (κ3) is 5.71. The van der Waals surface area contributed by atoms with Crippen LogP contribution in [0.25, 0.3) is 0 Å². The summed E-state index contributed by atoms with van der Waals surface area (Å²) in [7, 11) is 0. The second-order valence-electron chi connectivity index (χ2n) is 7.62. The number of benzene rings is 3. The summed E-state index contributed by atoms with van der Waals surface area (Å²) in [6, 6.07) is 24.8. The van der Waals surface area contributed by atoms with E-state index < -0.39 is 5.25 Å². The van der Waals surface area contributed by atoms with Gasteiger partial charge in [0, 0.05) is 16.5 Å². The van der Waals surface area contributed by atoms with Crippen molar-refractivity contribution in [3.05, 3.63) is 84.4 Å². The summed E-state index contributed by atoms with van der Waals surface area (Å²) in [5.41, 5.74) is 2.29. The smallest absolute Gasteiger partial charge is 0.242 e. The van der Waals surface area contributed by atoms with Crippen molar-refractivity contribution in [2.24, 2.45) is 5.92 Å². The molecule has 0 bridgehead atoms. The topological polar surface area (TPSA) is 67.4 Å². The standard InChI is InChI=1S/C26H26N2O3S/c1-2-31-23-14-7-6-13-22(23)28-26(30)24(18-9-4-3-5-10-18)32-21-12-8-11-20(17-21)27-25(29)19-15-16-19/h3-14,17,19,24H,2,15-16H2,1H3,(H,27,29)(H,28,30). The Morgan fingerprint density at radius 1 is 0.969 bits per heavy atom. The molecule has 3 aromatic carbocycles. The van der Waals surface area contributed by atoms with Crippen molar-refractivity contribution >= 4 is 35.0 Å². The average molecular weight is 447 g/mol. The molecule has 32 heavy (non-hydrogen) atoms. The number of amides is 2. The van der Waals surface area contributed by atoms with Crippen molar-refractivity contribution < 1.29 is 14.3 Å². The fourth-order valence-electron chi connectivity index (χ4n) is 3.32. The van der Waals surface area contributed by atoms with E-state index in [0.29, 0.717) is 18.0 Å². The Labute approximate surface area is 192 Å². The maximum Gasteiger partial charge on any atom is 0.242 e. The van der Waals surface area contributed by atoms with Crippen LogP contribution < -0.4 is 15.4 Å². The van der Waals surface area contributed by atoms with Gasteiger partial charge in [0.2, 0.25) is 11.8 Å². The van der Waals surface area contributed by atoms with Crippen molar-refractivity contribution in [2.45, 2.75) is 29.9 Å². The van der Waals surface area contributed by atoms with Gasteiger partial charge < -0.3 is 15.4 Å². The monoisotopic (exact) mass is 446 g/mol. The van der Waals surface area contributed by atoms with Gasteiger partial charge in [-0.3, -0.25) is 9.59 Å². The zero-order valence-corrected chi connectivity index (χ0v) is 18.7. The van der Waals surface area contributed by atoms with Crippen LogP contribution in [0.5, 0.6) is 5.75 Å². The van der Waals surface area contributed by atoms with Crippen LogP contribution in [0.15, 0.2) is 83.8 Å². The molecule has 1 aliphatic carbocycles. The summed E-state index contributed by atoms with van der Waals surface area (Å²) in [6.45, 7) is 2.43. The summed E-state index contributed by atoms with van der Waals surface area (Å²) in [5, 5.41) is 5.54. The van der Waals surface area contributed by atoms with E-state index in [4.69, 9.17) is 4.74 Å². The minimum absolute atomic E-state index is 0.0667. The third-order valence-corrected chi connectivity index (χ3v) is 6.34. The molecule has 0 radical (unpaired) electrons. The number of carbonyl (C=O) groups excluding carboxylic acids is 2. The summed E-state index contributed by atoms with van der Waals surface area (Å²) in [4.78, 5) is 26.4. The second-order valence-corrected chi connectivity index (χ2v) is 8.80. The Kier molecular flexibility index (Phi) is 7.12. The number of anilines is 2. The van der Waals surface area contributed by atoms with Gasteiger partial charge in [-0.05, 0) is 55.7 Å². The van der Waals surface area contributed by atoms with Crippen LogP contribution in [0.4, 0.5) is 11.4 Å². The van der Waals surface area contributed by atoms with E-state index in [9.17, 15) is 9.59 Å². The quantitative estimate of drug-likeness (QED) is 0.401. The van der Waals surface area contributed by atoms with E-state index in [1.54, 1.807) is 0 Å². The Hall–Kier alpha value is -3.25. The van der Waals surface area contributed by atoms with Gasteiger partial charge in [0.05, 0.1) is 12.3 Å². The molecule has 0 spiro atoms. The molecular weight excluding hydrogens is 420 g/mol. The molecule has 1 atom stereocenters. The first-order valence-corrected chi connectivity index (χ1v) is 11.7. The SMILES string of the molecule is CCOc1ccccc1NC(=O)C(Sc1cccc(NC(=O)C2CC2)c1)c1ccccc1. The molecule has 0 heterocycles. The molecule has 1 fully saturated rings. The lowest BCUT2D eigenvalue weighted by Crippen LogP contribution is -2.19. The number of nitrogens with one attached hydrogen (secondary N) is 2. The molecule has 2 amide bonds. The molecule has 5 nitrogen and oxygen atoms in total. The fourth-order valence-corrected chi connectivity index (χ4v) is 4.41. The summed E-state index contributed by atoms with van der Waals surface area (Å²) in [5.74, 6) is 0.710. The van der Waals surface area contributed by atoms with Crippen LogP contribution in [0, 0.1) is 5.92 Å². The normalized spacial score (nSPS) is 13.8. The van der Waals surface area contributed by atoms with Gasteiger partial charge in [-0.25, -0.2) is 0 Å². The number of hydrogen-bond donors (Lipinski definition) is 2. The highest BCUT2D eigenvalue weighted by molar-refractivity contribution is 8.00. The van der Waals surface area contributed by atoms with E-state index in [1.165, 1.54) is 11.8 Å². The molecule has 1 aliphatic rings. The number of hydrogen-bond acceptors (Lipinski definition) is 4. The average Bonchev–Trinajstić information content (AvgIpc) is 3.65. The Bertz CT molecular complexity index is 1080. The van der Waals surface area contributed by atoms with Crippen LogP contribution >= 0.6 is 11.8 Å². The van der Waals surface area contributed by atoms with Crippen molar-refractivity contribution in [1.82, 2.24) is 0 Å². The molecule has 164 valence electrons. The summed E-state index contributed by atoms with van der Waals surface area (Å²) < 4.78 is 5.66. The Balaban J connectivity index is 1.55. The minimum atomic E-state index is -0.472. The number of ether oxygens (including phenoxy) is 1. The zero-order chi connectivity index (χ0) is 22.3. The van der Waals surface area contributed by atoms with Crippen molar-refractivity contribution in [1.29, 1.82) is 0 Å². The van der Waals surface area contributed by atoms with Crippen molar-refractivity contribution in [3.63, 3.8) is 0 Å². The lowest BCUT2D eigenvalue weighted by atomic mass is 10.1. The van der Waals surface area contributed by atoms with Gasteiger partial charge in [0.25, 0.3) is 0 Å². The van der Waals surface area contributed by atoms with Crippen molar-refractivity contribution in [3.8, 4) is 5.75 Å². The first-order chi connectivity index (χ1) is 15.6. The van der Waals surface area contributed by atoms with Gasteiger partial charge in [-0.2, -0.15) is 0 Å². The molecule has 1 unspecified atom stereocenters. The van der Waals surface area contributed by atoms with Gasteiger partial charge in [-0.1, -0.05) is 48.5 Å². The van der Waals surface area contributed by atoms with Crippen LogP contribution in [0.1, 0.15) is 30.6 Å². The first kappa shape index (κ1) is 22.0. The van der Waals surface area contributed by atoms with Gasteiger partial charge in [0.15, 0.2) is 0 Å². The Morgan fingerprint density at radius 3 is 2.47 bits per heavy atom. The molecule has 3 aromatic rings. The third-order valence-electron chi connectivity index (χ3n) is 5.09. The summed E-state index contributed by atoms with van der Waals surface area (Å²) in [6.07, 6.45) is 1.92. The second kappa shape index (κ2) is 10.4. The predicted octanol–water partition coefficient (Wildman–Crippen LogP) is 5.91. The predicted molar refractivity (Wildman–Crippen MR) is 129 cm³/mol. The first-order valence-electron chi connectivity index (χ1n) is 10.8. The van der Waals surface area contributed by atoms with Gasteiger partial charge >= 0.3 is 0 Å². The highest BCUT2D eigenvalue weighted by atomic mass is 32.2. The van der Waals surface area contributed by atoms with E-state index in [-0.39, 0.29) is 17.7 Å². The molecular formula is C26H26N2O3S. The number of carbonyl (C=O) groups is 2. The zero-order valence-electron chi connectivity index (χ0n) is 17.9. The van der Waals surface area contributed by atoms with E-state index in [0.717, 1.165) is 29.0 Å². The van der Waals surface area contributed by atoms with E-state index in [1.807, 2.05) is 85.8 Å². The molecule has 4 rings (SSSR count). The van der Waals surface area contributed by atoms with Gasteiger partial charge in [-0.15, -0.1) is 11.8 Å². The lowest BCUT2D eigenvalue weighted by molar-refractivity contribution is -0.117. The number of para-hydroxylation sites is 2. The van der Waals surface area contributed by atoms with Crippen LogP contribution in [-0.4, -0.2) is 18.4 Å². The van der Waals surface area contributed by atoms with Gasteiger partial charge in [0.1, 0.15) is 11.0 Å². The molecule has 0 saturated heterocycles. The molecule has 6 heteroatoms. The molecule has 2 N–H and O–H groups in total. The highest BCUT2D eigenvalue weighted by Crippen LogP contribution is 2.38. The number of rotatable bonds is 9. The lowest BCUT2D eigenvalue weighted by Gasteiger charge is -2.19. The molecule has 0 aliphatic heterocycles. The maximum atomic E-state index is 13.4. The number of thioether (sulfide) groups is 1. The minimum Gasteiger partial charge on any atom is -0.492 e. The van der Waals surface area contributed by atoms with E-state index >= 15 is 0 Å². The largest absolute Gasteiger partial charge is 0.492 e. The fraction of sp³-hybridized carbons (Fsp3) is 0.231. The van der Waals surface area contributed by atoms with Crippen LogP contribution in [-0.2, 0) is 9.59 Å². The molecule has 0 aromatic heterocycles. The Morgan fingerprint density at radius 2 is 1.72 bits per heavy atom. The van der Waals surface area contributed by atoms with Crippen molar-refractivity contribution in [2.75, 3.05) is 17.2 Å².